The number of furan rings is 1. The summed E-state index contributed by atoms with van der Waals surface area (Å²) in [6, 6.07) is 12.5. The lowest BCUT2D eigenvalue weighted by Gasteiger charge is -2.35. The van der Waals surface area contributed by atoms with E-state index in [0.717, 1.165) is 25.4 Å². The summed E-state index contributed by atoms with van der Waals surface area (Å²) >= 11 is 6.22. The largest absolute Gasteiger partial charge is 0.460 e. The maximum atomic E-state index is 10.9. The van der Waals surface area contributed by atoms with E-state index in [4.69, 9.17) is 16.0 Å². The third kappa shape index (κ3) is 3.91. The number of nitro benzene ring substituents is 1. The molecule has 1 fully saturated rings. The molecule has 7 nitrogen and oxygen atoms in total. The van der Waals surface area contributed by atoms with Crippen LogP contribution in [0.15, 0.2) is 59.3 Å². The quantitative estimate of drug-likeness (QED) is 0.515. The molecule has 0 amide bonds. The number of pyridine rings is 1. The maximum absolute atomic E-state index is 10.9. The third-order valence-corrected chi connectivity index (χ3v) is 5.21. The Labute approximate surface area is 167 Å². The summed E-state index contributed by atoms with van der Waals surface area (Å²) in [6.45, 7) is 3.36. The van der Waals surface area contributed by atoms with Gasteiger partial charge in [-0.15, -0.1) is 0 Å². The zero-order chi connectivity index (χ0) is 19.5. The minimum Gasteiger partial charge on any atom is -0.460 e. The fourth-order valence-electron chi connectivity index (χ4n) is 3.48. The minimum absolute atomic E-state index is 0.0402. The van der Waals surface area contributed by atoms with Gasteiger partial charge >= 0.3 is 0 Å². The smallest absolute Gasteiger partial charge is 0.270 e. The third-order valence-electron chi connectivity index (χ3n) is 4.89. The zero-order valence-corrected chi connectivity index (χ0v) is 15.8. The van der Waals surface area contributed by atoms with Crippen molar-refractivity contribution in [2.45, 2.75) is 12.6 Å². The predicted molar refractivity (Wildman–Crippen MR) is 106 cm³/mol. The Bertz CT molecular complexity index is 977. The number of aromatic nitrogens is 1. The van der Waals surface area contributed by atoms with Crippen LogP contribution in [0, 0.1) is 10.1 Å². The summed E-state index contributed by atoms with van der Waals surface area (Å²) in [5.74, 6) is 1.43. The van der Waals surface area contributed by atoms with Gasteiger partial charge in [-0.3, -0.25) is 20.0 Å². The Hall–Kier alpha value is -2.74. The Morgan fingerprint density at radius 1 is 1.25 bits per heavy atom. The highest BCUT2D eigenvalue weighted by Gasteiger charge is 2.25. The molecule has 1 unspecified atom stereocenters. The van der Waals surface area contributed by atoms with E-state index in [0.29, 0.717) is 22.9 Å². The highest BCUT2D eigenvalue weighted by atomic mass is 35.5. The van der Waals surface area contributed by atoms with Crippen LogP contribution >= 0.6 is 11.6 Å². The number of non-ortho nitro benzene ring substituents is 1. The second-order valence-corrected chi connectivity index (χ2v) is 7.07. The van der Waals surface area contributed by atoms with E-state index in [1.165, 1.54) is 17.7 Å². The summed E-state index contributed by atoms with van der Waals surface area (Å²) in [5, 5.41) is 14.6. The summed E-state index contributed by atoms with van der Waals surface area (Å²) in [6.07, 6.45) is 3.62. The second kappa shape index (κ2) is 8.10. The molecule has 144 valence electrons. The number of benzene rings is 1. The number of rotatable bonds is 5. The van der Waals surface area contributed by atoms with Gasteiger partial charge < -0.3 is 9.73 Å². The summed E-state index contributed by atoms with van der Waals surface area (Å²) in [5.41, 5.74) is 1.82. The van der Waals surface area contributed by atoms with Gasteiger partial charge in [0.1, 0.15) is 11.5 Å². The molecule has 8 heteroatoms. The number of nitrogens with zero attached hydrogens (tertiary/aromatic N) is 3. The van der Waals surface area contributed by atoms with Crippen molar-refractivity contribution in [2.24, 2.45) is 0 Å². The van der Waals surface area contributed by atoms with Crippen LogP contribution in [0.3, 0.4) is 0 Å². The summed E-state index contributed by atoms with van der Waals surface area (Å²) < 4.78 is 6.01. The van der Waals surface area contributed by atoms with Crippen molar-refractivity contribution in [1.82, 2.24) is 15.2 Å². The number of nitro groups is 1. The first-order valence-corrected chi connectivity index (χ1v) is 9.37. The van der Waals surface area contributed by atoms with Crippen LogP contribution in [0.1, 0.15) is 17.4 Å². The van der Waals surface area contributed by atoms with Gasteiger partial charge in [0.15, 0.2) is 0 Å². The van der Waals surface area contributed by atoms with Crippen molar-refractivity contribution in [1.29, 1.82) is 0 Å². The molecular formula is C20H19ClN4O3. The first kappa shape index (κ1) is 18.6. The van der Waals surface area contributed by atoms with Crippen molar-refractivity contribution in [3.05, 3.63) is 81.3 Å². The van der Waals surface area contributed by atoms with Crippen molar-refractivity contribution in [3.63, 3.8) is 0 Å². The second-order valence-electron chi connectivity index (χ2n) is 6.66. The Balaban J connectivity index is 1.53. The molecule has 28 heavy (non-hydrogen) atoms. The normalized spacial score (nSPS) is 17.5. The van der Waals surface area contributed by atoms with Crippen LogP contribution in [0.25, 0.3) is 11.3 Å². The molecule has 2 aromatic heterocycles. The molecule has 1 atom stereocenters. The fourth-order valence-corrected chi connectivity index (χ4v) is 3.74. The molecule has 1 N–H and O–H groups in total. The Kier molecular flexibility index (Phi) is 5.38. The Morgan fingerprint density at radius 2 is 2.07 bits per heavy atom. The lowest BCUT2D eigenvalue weighted by atomic mass is 10.0. The van der Waals surface area contributed by atoms with E-state index in [9.17, 15) is 10.1 Å². The number of halogens is 1. The number of hydrogen-bond acceptors (Lipinski definition) is 6. The van der Waals surface area contributed by atoms with E-state index < -0.39 is 4.92 Å². The Morgan fingerprint density at radius 3 is 2.82 bits per heavy atom. The topological polar surface area (TPSA) is 84.4 Å². The monoisotopic (exact) mass is 398 g/mol. The number of piperazine rings is 1. The molecule has 4 rings (SSSR count). The highest BCUT2D eigenvalue weighted by Crippen LogP contribution is 2.33. The van der Waals surface area contributed by atoms with Gasteiger partial charge in [0.25, 0.3) is 5.69 Å². The average Bonchev–Trinajstić information content (AvgIpc) is 3.17. The van der Waals surface area contributed by atoms with E-state index in [1.807, 2.05) is 36.7 Å². The first-order valence-electron chi connectivity index (χ1n) is 8.99. The van der Waals surface area contributed by atoms with Crippen LogP contribution in [-0.2, 0) is 6.54 Å². The molecule has 0 bridgehead atoms. The maximum Gasteiger partial charge on any atom is 0.270 e. The molecule has 1 aliphatic rings. The van der Waals surface area contributed by atoms with Crippen LogP contribution in [0.4, 0.5) is 5.69 Å². The van der Waals surface area contributed by atoms with E-state index in [2.05, 4.69) is 15.2 Å². The van der Waals surface area contributed by atoms with Crippen LogP contribution in [-0.4, -0.2) is 34.4 Å². The molecule has 0 aliphatic carbocycles. The van der Waals surface area contributed by atoms with Crippen LogP contribution in [0.5, 0.6) is 0 Å². The number of hydrogen-bond donors (Lipinski definition) is 1. The molecular weight excluding hydrogens is 380 g/mol. The highest BCUT2D eigenvalue weighted by molar-refractivity contribution is 6.33. The van der Waals surface area contributed by atoms with Crippen molar-refractivity contribution in [3.8, 4) is 11.3 Å². The molecule has 3 aromatic rings. The van der Waals surface area contributed by atoms with Gasteiger partial charge in [-0.25, -0.2) is 0 Å². The molecule has 3 heterocycles. The predicted octanol–water partition coefficient (Wildman–Crippen LogP) is 4.05. The molecule has 1 saturated heterocycles. The van der Waals surface area contributed by atoms with Gasteiger partial charge in [0, 0.05) is 55.8 Å². The van der Waals surface area contributed by atoms with Gasteiger partial charge in [-0.05, 0) is 35.9 Å². The van der Waals surface area contributed by atoms with Gasteiger partial charge in [0.05, 0.1) is 16.5 Å². The molecule has 1 aromatic carbocycles. The van der Waals surface area contributed by atoms with Gasteiger partial charge in [0.2, 0.25) is 0 Å². The van der Waals surface area contributed by atoms with Crippen LogP contribution < -0.4 is 5.32 Å². The van der Waals surface area contributed by atoms with Crippen molar-refractivity contribution >= 4 is 17.3 Å². The van der Waals surface area contributed by atoms with Crippen molar-refractivity contribution in [2.75, 3.05) is 19.6 Å². The number of nitrogens with one attached hydrogen (secondary N) is 1. The van der Waals surface area contributed by atoms with Crippen LogP contribution in [0.2, 0.25) is 5.02 Å². The summed E-state index contributed by atoms with van der Waals surface area (Å²) in [7, 11) is 0. The van der Waals surface area contributed by atoms with E-state index in [-0.39, 0.29) is 11.7 Å². The average molecular weight is 399 g/mol. The molecule has 1 aliphatic heterocycles. The minimum atomic E-state index is -0.465. The standard InChI is InChI=1S/C20H19ClN4O3/c21-18-11-15(25(26)27)1-3-17(18)20-4-2-16(28-20)13-24-10-9-23-12-19(24)14-5-7-22-8-6-14/h1-8,11,19,23H,9-10,12-13H2. The van der Waals surface area contributed by atoms with E-state index >= 15 is 0 Å². The lowest BCUT2D eigenvalue weighted by Crippen LogP contribution is -2.45. The molecule has 0 radical (unpaired) electrons. The molecule has 0 saturated carbocycles. The van der Waals surface area contributed by atoms with Gasteiger partial charge in [-0.2, -0.15) is 0 Å². The van der Waals surface area contributed by atoms with Gasteiger partial charge in [-0.1, -0.05) is 11.6 Å². The lowest BCUT2D eigenvalue weighted by molar-refractivity contribution is -0.384. The first-order chi connectivity index (χ1) is 13.6. The zero-order valence-electron chi connectivity index (χ0n) is 15.0. The fraction of sp³-hybridized carbons (Fsp3) is 0.250. The molecule has 0 spiro atoms. The van der Waals surface area contributed by atoms with E-state index in [1.54, 1.807) is 6.07 Å². The van der Waals surface area contributed by atoms with Crippen molar-refractivity contribution < 1.29 is 9.34 Å². The SMILES string of the molecule is O=[N+]([O-])c1ccc(-c2ccc(CN3CCNCC3c3ccncc3)o2)c(Cl)c1. The summed E-state index contributed by atoms with van der Waals surface area (Å²) in [4.78, 5) is 16.9.